The van der Waals surface area contributed by atoms with Gasteiger partial charge >= 0.3 is 0 Å². The van der Waals surface area contributed by atoms with Gasteiger partial charge in [-0.25, -0.2) is 0 Å². The molecule has 0 N–H and O–H groups in total. The van der Waals surface area contributed by atoms with Crippen LogP contribution in [0.2, 0.25) is 0 Å². The molecule has 0 aromatic heterocycles. The largest absolute Gasteiger partial charge is 0.362 e. The molecule has 0 amide bonds. The van der Waals surface area contributed by atoms with Gasteiger partial charge in [0.25, 0.3) is 0 Å². The van der Waals surface area contributed by atoms with Gasteiger partial charge in [0.1, 0.15) is 5.76 Å². The lowest BCUT2D eigenvalue weighted by Crippen LogP contribution is -1.89. The summed E-state index contributed by atoms with van der Waals surface area (Å²) in [6, 6.07) is 0. The molecule has 0 aliphatic heterocycles. The van der Waals surface area contributed by atoms with Crippen LogP contribution >= 0.6 is 0 Å². The molecule has 0 aliphatic rings. The van der Waals surface area contributed by atoms with Crippen molar-refractivity contribution in [3.63, 3.8) is 0 Å². The van der Waals surface area contributed by atoms with Crippen molar-refractivity contribution in [2.24, 2.45) is 5.16 Å². The van der Waals surface area contributed by atoms with E-state index in [4.69, 9.17) is 4.84 Å². The van der Waals surface area contributed by atoms with Crippen molar-refractivity contribution in [3.05, 3.63) is 11.8 Å². The summed E-state index contributed by atoms with van der Waals surface area (Å²) in [5.74, 6) is 0.841. The standard InChI is InChI=1S/C8H15NO/c1-5-7(3)9-10-8(4)6-2/h6H,5H2,1-4H3. The molecule has 0 rings (SSSR count). The van der Waals surface area contributed by atoms with Gasteiger partial charge in [-0.1, -0.05) is 12.1 Å². The molecular formula is C8H15NO. The van der Waals surface area contributed by atoms with Gasteiger partial charge in [-0.15, -0.1) is 0 Å². The SMILES string of the molecule is CC=C(C)ON=C(C)CC. The van der Waals surface area contributed by atoms with Crippen LogP contribution < -0.4 is 0 Å². The molecule has 2 heteroatoms. The monoisotopic (exact) mass is 141 g/mol. The van der Waals surface area contributed by atoms with Gasteiger partial charge in [-0.2, -0.15) is 0 Å². The summed E-state index contributed by atoms with van der Waals surface area (Å²) in [7, 11) is 0. The highest BCUT2D eigenvalue weighted by Gasteiger charge is 1.86. The first-order valence-electron chi connectivity index (χ1n) is 3.54. The van der Waals surface area contributed by atoms with Crippen molar-refractivity contribution >= 4 is 5.71 Å². The zero-order valence-corrected chi connectivity index (χ0v) is 7.14. The maximum atomic E-state index is 4.99. The Balaban J connectivity index is 3.72. The normalized spacial score (nSPS) is 13.6. The molecule has 0 heterocycles. The van der Waals surface area contributed by atoms with Crippen LogP contribution in [0.1, 0.15) is 34.1 Å². The Labute approximate surface area is 62.6 Å². The first-order chi connectivity index (χ1) is 4.70. The van der Waals surface area contributed by atoms with Crippen LogP contribution in [0.25, 0.3) is 0 Å². The number of hydrogen-bond donors (Lipinski definition) is 0. The molecule has 0 aromatic rings. The van der Waals surface area contributed by atoms with Crippen molar-refractivity contribution in [2.75, 3.05) is 0 Å². The Kier molecular flexibility index (Phi) is 4.63. The van der Waals surface area contributed by atoms with Crippen LogP contribution in [0.15, 0.2) is 17.0 Å². The van der Waals surface area contributed by atoms with Gasteiger partial charge in [0.2, 0.25) is 0 Å². The number of nitrogens with zero attached hydrogens (tertiary/aromatic N) is 1. The number of oxime groups is 1. The van der Waals surface area contributed by atoms with Gasteiger partial charge in [-0.3, -0.25) is 0 Å². The van der Waals surface area contributed by atoms with E-state index in [2.05, 4.69) is 5.16 Å². The van der Waals surface area contributed by atoms with Crippen molar-refractivity contribution in [2.45, 2.75) is 34.1 Å². The van der Waals surface area contributed by atoms with E-state index in [1.807, 2.05) is 33.8 Å². The predicted octanol–water partition coefficient (Wildman–Crippen LogP) is 2.71. The molecule has 0 aliphatic carbocycles. The molecule has 0 bridgehead atoms. The summed E-state index contributed by atoms with van der Waals surface area (Å²) in [6.07, 6.45) is 2.82. The zero-order chi connectivity index (χ0) is 7.98. The molecule has 0 saturated heterocycles. The van der Waals surface area contributed by atoms with Gasteiger partial charge in [-0.05, 0) is 33.3 Å². The van der Waals surface area contributed by atoms with E-state index >= 15 is 0 Å². The Hall–Kier alpha value is -0.790. The highest BCUT2D eigenvalue weighted by atomic mass is 16.6. The molecule has 58 valence electrons. The average Bonchev–Trinajstić information content (AvgIpc) is 1.99. The fraction of sp³-hybridized carbons (Fsp3) is 0.625. The first kappa shape index (κ1) is 9.21. The van der Waals surface area contributed by atoms with Crippen molar-refractivity contribution < 1.29 is 4.84 Å². The van der Waals surface area contributed by atoms with Gasteiger partial charge in [0.15, 0.2) is 0 Å². The van der Waals surface area contributed by atoms with Gasteiger partial charge in [0, 0.05) is 0 Å². The van der Waals surface area contributed by atoms with Crippen LogP contribution in [-0.2, 0) is 4.84 Å². The average molecular weight is 141 g/mol. The predicted molar refractivity (Wildman–Crippen MR) is 43.9 cm³/mol. The summed E-state index contributed by atoms with van der Waals surface area (Å²) in [5.41, 5.74) is 1.02. The minimum absolute atomic E-state index is 0.841. The fourth-order valence-electron chi connectivity index (χ4n) is 0.267. The summed E-state index contributed by atoms with van der Waals surface area (Å²) >= 11 is 0. The molecule has 0 aromatic carbocycles. The summed E-state index contributed by atoms with van der Waals surface area (Å²) < 4.78 is 0. The summed E-state index contributed by atoms with van der Waals surface area (Å²) in [6.45, 7) is 7.80. The van der Waals surface area contributed by atoms with Crippen molar-refractivity contribution in [1.82, 2.24) is 0 Å². The third-order valence-corrected chi connectivity index (χ3v) is 1.26. The second kappa shape index (κ2) is 5.03. The Morgan fingerprint density at radius 3 is 2.50 bits per heavy atom. The molecular weight excluding hydrogens is 126 g/mol. The second-order valence-corrected chi connectivity index (χ2v) is 2.17. The lowest BCUT2D eigenvalue weighted by atomic mass is 10.3. The lowest BCUT2D eigenvalue weighted by Gasteiger charge is -1.97. The molecule has 0 spiro atoms. The molecule has 2 nitrogen and oxygen atoms in total. The number of rotatable bonds is 3. The van der Waals surface area contributed by atoms with E-state index in [0.29, 0.717) is 0 Å². The Bertz CT molecular complexity index is 147. The number of allylic oxidation sites excluding steroid dienone is 2. The van der Waals surface area contributed by atoms with E-state index < -0.39 is 0 Å². The van der Waals surface area contributed by atoms with Crippen molar-refractivity contribution in [1.29, 1.82) is 0 Å². The summed E-state index contributed by atoms with van der Waals surface area (Å²) in [4.78, 5) is 4.99. The Morgan fingerprint density at radius 2 is 2.10 bits per heavy atom. The number of hydrogen-bond acceptors (Lipinski definition) is 2. The smallest absolute Gasteiger partial charge is 0.127 e. The minimum atomic E-state index is 0.841. The highest BCUT2D eigenvalue weighted by molar-refractivity contribution is 5.80. The third kappa shape index (κ3) is 4.13. The van der Waals surface area contributed by atoms with Crippen LogP contribution in [0, 0.1) is 0 Å². The van der Waals surface area contributed by atoms with E-state index in [0.717, 1.165) is 17.9 Å². The second-order valence-electron chi connectivity index (χ2n) is 2.17. The fourth-order valence-corrected chi connectivity index (χ4v) is 0.267. The van der Waals surface area contributed by atoms with Crippen LogP contribution in [0.3, 0.4) is 0 Å². The summed E-state index contributed by atoms with van der Waals surface area (Å²) in [5, 5.41) is 3.86. The van der Waals surface area contributed by atoms with Crippen LogP contribution in [-0.4, -0.2) is 5.71 Å². The molecule has 10 heavy (non-hydrogen) atoms. The van der Waals surface area contributed by atoms with Gasteiger partial charge in [0.05, 0.1) is 5.71 Å². The lowest BCUT2D eigenvalue weighted by molar-refractivity contribution is 0.228. The minimum Gasteiger partial charge on any atom is -0.362 e. The maximum absolute atomic E-state index is 4.99. The van der Waals surface area contributed by atoms with E-state index in [9.17, 15) is 0 Å². The van der Waals surface area contributed by atoms with Crippen LogP contribution in [0.4, 0.5) is 0 Å². The molecule has 0 fully saturated rings. The third-order valence-electron chi connectivity index (χ3n) is 1.26. The van der Waals surface area contributed by atoms with Gasteiger partial charge < -0.3 is 4.84 Å². The van der Waals surface area contributed by atoms with Crippen molar-refractivity contribution in [3.8, 4) is 0 Å². The molecule has 0 radical (unpaired) electrons. The van der Waals surface area contributed by atoms with Crippen LogP contribution in [0.5, 0.6) is 0 Å². The topological polar surface area (TPSA) is 21.6 Å². The Morgan fingerprint density at radius 1 is 1.50 bits per heavy atom. The first-order valence-corrected chi connectivity index (χ1v) is 3.54. The molecule has 0 saturated carbocycles. The molecule has 0 unspecified atom stereocenters. The van der Waals surface area contributed by atoms with E-state index in [1.54, 1.807) is 0 Å². The molecule has 0 atom stereocenters. The highest BCUT2D eigenvalue weighted by Crippen LogP contribution is 1.96. The quantitative estimate of drug-likeness (QED) is 0.336. The zero-order valence-electron chi connectivity index (χ0n) is 7.14. The van der Waals surface area contributed by atoms with E-state index in [-0.39, 0.29) is 0 Å². The van der Waals surface area contributed by atoms with E-state index in [1.165, 1.54) is 0 Å². The maximum Gasteiger partial charge on any atom is 0.127 e.